The van der Waals surface area contributed by atoms with Crippen LogP contribution in [0.5, 0.6) is 5.75 Å². The topological polar surface area (TPSA) is 50.4 Å². The molecule has 2 aromatic rings. The lowest BCUT2D eigenvalue weighted by Crippen LogP contribution is -2.35. The first-order valence-electron chi connectivity index (χ1n) is 7.78. The maximum Gasteiger partial charge on any atom is 0.315 e. The maximum absolute atomic E-state index is 13.4. The van der Waals surface area contributed by atoms with Crippen molar-refractivity contribution in [2.24, 2.45) is 0 Å². The van der Waals surface area contributed by atoms with Gasteiger partial charge in [0.25, 0.3) is 0 Å². The van der Waals surface area contributed by atoms with Crippen LogP contribution >= 0.6 is 0 Å². The number of carbonyl (C=O) groups excluding carboxylic acids is 1. The van der Waals surface area contributed by atoms with Gasteiger partial charge in [0, 0.05) is 18.7 Å². The predicted octanol–water partition coefficient (Wildman–Crippen LogP) is 3.62. The van der Waals surface area contributed by atoms with Crippen LogP contribution in [0.3, 0.4) is 0 Å². The normalized spacial score (nSPS) is 10.2. The molecular weight excluding hydrogens is 314 g/mol. The van der Waals surface area contributed by atoms with Crippen molar-refractivity contribution in [3.63, 3.8) is 0 Å². The highest BCUT2D eigenvalue weighted by atomic mass is 19.1. The number of unbranched alkanes of at least 4 members (excludes halogenated alkanes) is 1. The molecule has 4 nitrogen and oxygen atoms in total. The number of hydrogen-bond donors (Lipinski definition) is 2. The van der Waals surface area contributed by atoms with E-state index in [-0.39, 0.29) is 24.2 Å². The van der Waals surface area contributed by atoms with Gasteiger partial charge in [-0.3, -0.25) is 0 Å². The molecule has 0 saturated carbocycles. The van der Waals surface area contributed by atoms with Gasteiger partial charge in [0.05, 0.1) is 6.61 Å². The fourth-order valence-corrected chi connectivity index (χ4v) is 2.03. The van der Waals surface area contributed by atoms with Crippen molar-refractivity contribution in [1.29, 1.82) is 0 Å². The fraction of sp³-hybridized carbons (Fsp3) is 0.278. The van der Waals surface area contributed by atoms with Gasteiger partial charge in [0.2, 0.25) is 0 Å². The summed E-state index contributed by atoms with van der Waals surface area (Å²) in [6, 6.07) is 11.8. The summed E-state index contributed by atoms with van der Waals surface area (Å²) in [7, 11) is 0. The fourth-order valence-electron chi connectivity index (χ4n) is 2.03. The van der Waals surface area contributed by atoms with Gasteiger partial charge in [0.1, 0.15) is 17.4 Å². The number of amides is 2. The lowest BCUT2D eigenvalue weighted by molar-refractivity contribution is 0.239. The van der Waals surface area contributed by atoms with Crippen LogP contribution in [0.2, 0.25) is 0 Å². The predicted molar refractivity (Wildman–Crippen MR) is 87.8 cm³/mol. The molecule has 0 unspecified atom stereocenters. The van der Waals surface area contributed by atoms with Crippen molar-refractivity contribution < 1.29 is 18.3 Å². The Bertz CT molecular complexity index is 648. The molecule has 0 saturated heterocycles. The lowest BCUT2D eigenvalue weighted by atomic mass is 10.2. The van der Waals surface area contributed by atoms with E-state index in [2.05, 4.69) is 10.6 Å². The highest BCUT2D eigenvalue weighted by Gasteiger charge is 2.03. The van der Waals surface area contributed by atoms with Crippen LogP contribution < -0.4 is 15.4 Å². The number of rotatable bonds is 8. The minimum absolute atomic E-state index is 0.145. The molecule has 0 heterocycles. The van der Waals surface area contributed by atoms with E-state index in [1.807, 2.05) is 0 Å². The Kier molecular flexibility index (Phi) is 7.01. The van der Waals surface area contributed by atoms with E-state index >= 15 is 0 Å². The SMILES string of the molecule is O=C(NCCCCOc1ccc(F)cc1)NCc1ccccc1F. The Balaban J connectivity index is 1.53. The summed E-state index contributed by atoms with van der Waals surface area (Å²) in [5, 5.41) is 5.31. The zero-order valence-electron chi connectivity index (χ0n) is 13.2. The van der Waals surface area contributed by atoms with Gasteiger partial charge in [-0.05, 0) is 43.2 Å². The smallest absolute Gasteiger partial charge is 0.315 e. The first-order chi connectivity index (χ1) is 11.6. The minimum atomic E-state index is -0.337. The first-order valence-corrected chi connectivity index (χ1v) is 7.78. The van der Waals surface area contributed by atoms with Crippen LogP contribution in [0.4, 0.5) is 13.6 Å². The molecule has 2 N–H and O–H groups in total. The average molecular weight is 334 g/mol. The molecular formula is C18H20F2N2O2. The van der Waals surface area contributed by atoms with Gasteiger partial charge in [0.15, 0.2) is 0 Å². The Morgan fingerprint density at radius 2 is 1.71 bits per heavy atom. The van der Waals surface area contributed by atoms with Crippen LogP contribution in [-0.4, -0.2) is 19.2 Å². The molecule has 0 aliphatic heterocycles. The molecule has 0 aliphatic carbocycles. The third-order valence-corrected chi connectivity index (χ3v) is 3.34. The molecule has 2 rings (SSSR count). The number of urea groups is 1. The second-order valence-corrected chi connectivity index (χ2v) is 5.21. The summed E-state index contributed by atoms with van der Waals surface area (Å²) in [6.07, 6.45) is 1.50. The highest BCUT2D eigenvalue weighted by Crippen LogP contribution is 2.11. The van der Waals surface area contributed by atoms with Crippen LogP contribution in [0, 0.1) is 11.6 Å². The van der Waals surface area contributed by atoms with Crippen molar-refractivity contribution in [3.8, 4) is 5.75 Å². The van der Waals surface area contributed by atoms with Gasteiger partial charge >= 0.3 is 6.03 Å². The molecule has 0 radical (unpaired) electrons. The van der Waals surface area contributed by atoms with E-state index < -0.39 is 0 Å². The van der Waals surface area contributed by atoms with Gasteiger partial charge < -0.3 is 15.4 Å². The molecule has 0 aromatic heterocycles. The number of halogens is 2. The Morgan fingerprint density at radius 1 is 0.958 bits per heavy atom. The zero-order valence-corrected chi connectivity index (χ0v) is 13.2. The second kappa shape index (κ2) is 9.50. The summed E-state index contributed by atoms with van der Waals surface area (Å²) >= 11 is 0. The summed E-state index contributed by atoms with van der Waals surface area (Å²) in [5.41, 5.74) is 0.445. The van der Waals surface area contributed by atoms with Crippen molar-refractivity contribution in [3.05, 3.63) is 65.7 Å². The van der Waals surface area contributed by atoms with E-state index in [0.29, 0.717) is 24.5 Å². The molecule has 2 aromatic carbocycles. The molecule has 0 bridgehead atoms. The quantitative estimate of drug-likeness (QED) is 0.725. The first kappa shape index (κ1) is 17.7. The van der Waals surface area contributed by atoms with Gasteiger partial charge in [-0.15, -0.1) is 0 Å². The second-order valence-electron chi connectivity index (χ2n) is 5.21. The summed E-state index contributed by atoms with van der Waals surface area (Å²) in [5.74, 6) is -0.0179. The molecule has 0 fully saturated rings. The number of carbonyl (C=O) groups is 1. The van der Waals surface area contributed by atoms with Crippen LogP contribution in [0.1, 0.15) is 18.4 Å². The van der Waals surface area contributed by atoms with Gasteiger partial charge in [-0.2, -0.15) is 0 Å². The Hall–Kier alpha value is -2.63. The van der Waals surface area contributed by atoms with Crippen LogP contribution in [0.25, 0.3) is 0 Å². The highest BCUT2D eigenvalue weighted by molar-refractivity contribution is 5.73. The zero-order chi connectivity index (χ0) is 17.2. The van der Waals surface area contributed by atoms with Crippen molar-refractivity contribution in [1.82, 2.24) is 10.6 Å². The summed E-state index contributed by atoms with van der Waals surface area (Å²) in [6.45, 7) is 1.13. The van der Waals surface area contributed by atoms with Gasteiger partial charge in [-0.1, -0.05) is 18.2 Å². The summed E-state index contributed by atoms with van der Waals surface area (Å²) in [4.78, 5) is 11.6. The van der Waals surface area contributed by atoms with Crippen LogP contribution in [0.15, 0.2) is 48.5 Å². The summed E-state index contributed by atoms with van der Waals surface area (Å²) < 4.78 is 31.6. The van der Waals surface area contributed by atoms with E-state index in [4.69, 9.17) is 4.74 Å². The van der Waals surface area contributed by atoms with E-state index in [0.717, 1.165) is 12.8 Å². The molecule has 6 heteroatoms. The molecule has 128 valence electrons. The minimum Gasteiger partial charge on any atom is -0.494 e. The maximum atomic E-state index is 13.4. The molecule has 0 atom stereocenters. The average Bonchev–Trinajstić information content (AvgIpc) is 2.59. The van der Waals surface area contributed by atoms with E-state index in [1.54, 1.807) is 30.3 Å². The standard InChI is InChI=1S/C18H20F2N2O2/c19-15-7-9-16(10-8-15)24-12-4-3-11-21-18(23)22-13-14-5-1-2-6-17(14)20/h1-2,5-10H,3-4,11-13H2,(H2,21,22,23). The van der Waals surface area contributed by atoms with Crippen molar-refractivity contribution >= 4 is 6.03 Å². The van der Waals surface area contributed by atoms with E-state index in [1.165, 1.54) is 18.2 Å². The van der Waals surface area contributed by atoms with Crippen molar-refractivity contribution in [2.45, 2.75) is 19.4 Å². The Labute approximate surface area is 139 Å². The molecule has 24 heavy (non-hydrogen) atoms. The third kappa shape index (κ3) is 6.24. The number of benzene rings is 2. The third-order valence-electron chi connectivity index (χ3n) is 3.34. The number of ether oxygens (including phenoxy) is 1. The van der Waals surface area contributed by atoms with E-state index in [9.17, 15) is 13.6 Å². The molecule has 0 spiro atoms. The monoisotopic (exact) mass is 334 g/mol. The van der Waals surface area contributed by atoms with Crippen molar-refractivity contribution in [2.75, 3.05) is 13.2 Å². The Morgan fingerprint density at radius 3 is 2.46 bits per heavy atom. The molecule has 0 aliphatic rings. The van der Waals surface area contributed by atoms with Gasteiger partial charge in [-0.25, -0.2) is 13.6 Å². The number of hydrogen-bond acceptors (Lipinski definition) is 2. The van der Waals surface area contributed by atoms with Crippen LogP contribution in [-0.2, 0) is 6.54 Å². The molecule has 2 amide bonds. The largest absolute Gasteiger partial charge is 0.494 e. The lowest BCUT2D eigenvalue weighted by Gasteiger charge is -2.09. The number of nitrogens with one attached hydrogen (secondary N) is 2.